The minimum absolute atomic E-state index is 0.00375. The Bertz CT molecular complexity index is 1650. The van der Waals surface area contributed by atoms with Gasteiger partial charge in [-0.05, 0) is 93.6 Å². The molecule has 4 heterocycles. The Hall–Kier alpha value is -3.20. The molecule has 0 amide bonds. The van der Waals surface area contributed by atoms with Crippen LogP contribution in [-0.2, 0) is 0 Å². The van der Waals surface area contributed by atoms with E-state index in [0.717, 1.165) is 56.2 Å². The summed E-state index contributed by atoms with van der Waals surface area (Å²) in [5, 5.41) is 16.6. The third-order valence-electron chi connectivity index (χ3n) is 9.38. The van der Waals surface area contributed by atoms with Gasteiger partial charge in [-0.25, -0.2) is 4.39 Å². The van der Waals surface area contributed by atoms with Crippen molar-refractivity contribution in [3.8, 4) is 22.9 Å². The number of piperazine rings is 1. The van der Waals surface area contributed by atoms with E-state index >= 15 is 4.39 Å². The van der Waals surface area contributed by atoms with Gasteiger partial charge in [0.25, 0.3) is 0 Å². The number of likely N-dealkylation sites (tertiary alicyclic amines) is 1. The fourth-order valence-corrected chi connectivity index (χ4v) is 7.35. The van der Waals surface area contributed by atoms with E-state index in [1.54, 1.807) is 18.2 Å². The maximum atomic E-state index is 16.7. The predicted octanol–water partition coefficient (Wildman–Crippen LogP) is 6.53. The van der Waals surface area contributed by atoms with E-state index in [4.69, 9.17) is 21.3 Å². The lowest BCUT2D eigenvalue weighted by Gasteiger charge is -2.35. The van der Waals surface area contributed by atoms with E-state index < -0.39 is 5.82 Å². The molecule has 42 heavy (non-hydrogen) atoms. The fraction of sp³-hybridized carbons (Fsp3) is 0.455. The largest absolute Gasteiger partial charge is 0.508 e. The Morgan fingerprint density at radius 3 is 2.55 bits per heavy atom. The molecule has 0 spiro atoms. The highest BCUT2D eigenvalue weighted by molar-refractivity contribution is 6.35. The maximum absolute atomic E-state index is 16.7. The predicted molar refractivity (Wildman–Crippen MR) is 166 cm³/mol. The van der Waals surface area contributed by atoms with Crippen molar-refractivity contribution in [1.29, 1.82) is 0 Å². The van der Waals surface area contributed by atoms with Crippen LogP contribution in [0, 0.1) is 5.82 Å². The molecule has 7 rings (SSSR count). The number of aromatic nitrogens is 2. The van der Waals surface area contributed by atoms with Gasteiger partial charge >= 0.3 is 6.01 Å². The Morgan fingerprint density at radius 2 is 1.79 bits per heavy atom. The molecule has 7 nitrogen and oxygen atoms in total. The number of hydrogen-bond acceptors (Lipinski definition) is 7. The lowest BCUT2D eigenvalue weighted by Crippen LogP contribution is -2.51. The zero-order valence-electron chi connectivity index (χ0n) is 24.2. The van der Waals surface area contributed by atoms with Crippen molar-refractivity contribution in [2.75, 3.05) is 37.7 Å². The molecular weight excluding hydrogens is 553 g/mol. The quantitative estimate of drug-likeness (QED) is 0.254. The average molecular weight is 590 g/mol. The highest BCUT2D eigenvalue weighted by Crippen LogP contribution is 2.43. The molecule has 2 unspecified atom stereocenters. The lowest BCUT2D eigenvalue weighted by molar-refractivity contribution is 0.118. The third-order valence-corrected chi connectivity index (χ3v) is 9.68. The molecule has 0 radical (unpaired) electrons. The number of phenolic OH excluding ortho intramolecular Hbond substituents is 1. The molecule has 0 aliphatic carbocycles. The second kappa shape index (κ2) is 10.8. The molecule has 220 valence electrons. The molecule has 9 heteroatoms. The number of halogens is 2. The molecule has 2 N–H and O–H groups in total. The van der Waals surface area contributed by atoms with Gasteiger partial charge in [0, 0.05) is 41.7 Å². The molecule has 3 aliphatic heterocycles. The number of phenols is 1. The summed E-state index contributed by atoms with van der Waals surface area (Å²) in [4.78, 5) is 14.3. The first-order valence-electron chi connectivity index (χ1n) is 15.1. The van der Waals surface area contributed by atoms with Gasteiger partial charge in [0.2, 0.25) is 0 Å². The van der Waals surface area contributed by atoms with Crippen LogP contribution in [0.1, 0.15) is 46.0 Å². The smallest absolute Gasteiger partial charge is 0.319 e. The van der Waals surface area contributed by atoms with Crippen LogP contribution in [0.3, 0.4) is 0 Å². The normalized spacial score (nSPS) is 21.1. The van der Waals surface area contributed by atoms with Crippen LogP contribution in [-0.4, -0.2) is 70.4 Å². The molecule has 2 bridgehead atoms. The van der Waals surface area contributed by atoms with Gasteiger partial charge in [-0.15, -0.1) is 0 Å². The van der Waals surface area contributed by atoms with Crippen molar-refractivity contribution >= 4 is 39.1 Å². The van der Waals surface area contributed by atoms with Crippen molar-refractivity contribution in [2.24, 2.45) is 0 Å². The first-order chi connectivity index (χ1) is 20.3. The number of anilines is 1. The first kappa shape index (κ1) is 27.6. The van der Waals surface area contributed by atoms with Crippen LogP contribution in [0.15, 0.2) is 42.5 Å². The Kier molecular flexibility index (Phi) is 7.11. The van der Waals surface area contributed by atoms with Gasteiger partial charge in [0.15, 0.2) is 5.82 Å². The molecule has 3 fully saturated rings. The minimum Gasteiger partial charge on any atom is -0.508 e. The molecule has 3 saturated heterocycles. The zero-order valence-corrected chi connectivity index (χ0v) is 24.9. The average Bonchev–Trinajstić information content (AvgIpc) is 3.63. The summed E-state index contributed by atoms with van der Waals surface area (Å²) in [5.74, 6) is 0.154. The first-order valence-corrected chi connectivity index (χ1v) is 15.5. The molecule has 3 aliphatic rings. The lowest BCUT2D eigenvalue weighted by atomic mass is 9.96. The Balaban J connectivity index is 1.32. The highest BCUT2D eigenvalue weighted by Gasteiger charge is 2.35. The van der Waals surface area contributed by atoms with Crippen LogP contribution in [0.5, 0.6) is 11.8 Å². The van der Waals surface area contributed by atoms with Gasteiger partial charge in [0.1, 0.15) is 17.1 Å². The number of rotatable bonds is 7. The monoisotopic (exact) mass is 589 g/mol. The Labute approximate surface area is 250 Å². The van der Waals surface area contributed by atoms with Gasteiger partial charge in [-0.2, -0.15) is 9.97 Å². The molecule has 2 atom stereocenters. The van der Waals surface area contributed by atoms with Crippen molar-refractivity contribution < 1.29 is 14.2 Å². The van der Waals surface area contributed by atoms with Crippen LogP contribution in [0.2, 0.25) is 5.02 Å². The highest BCUT2D eigenvalue weighted by atomic mass is 35.5. The topological polar surface area (TPSA) is 73.8 Å². The minimum atomic E-state index is -0.544. The zero-order chi connectivity index (χ0) is 29.0. The van der Waals surface area contributed by atoms with E-state index in [-0.39, 0.29) is 33.4 Å². The molecule has 3 aromatic carbocycles. The van der Waals surface area contributed by atoms with E-state index in [0.29, 0.717) is 35.5 Å². The number of fused-ring (bicyclic) bond motifs is 4. The summed E-state index contributed by atoms with van der Waals surface area (Å²) in [7, 11) is 0. The number of nitrogens with one attached hydrogen (secondary N) is 1. The summed E-state index contributed by atoms with van der Waals surface area (Å²) < 4.78 is 22.9. The summed E-state index contributed by atoms with van der Waals surface area (Å²) in [6, 6.07) is 13.5. The summed E-state index contributed by atoms with van der Waals surface area (Å²) >= 11 is 6.87. The van der Waals surface area contributed by atoms with Crippen molar-refractivity contribution in [3.63, 3.8) is 0 Å². The van der Waals surface area contributed by atoms with E-state index in [1.807, 2.05) is 24.3 Å². The van der Waals surface area contributed by atoms with Crippen LogP contribution < -0.4 is 15.0 Å². The second-order valence-corrected chi connectivity index (χ2v) is 13.0. The molecular formula is C33H37ClFN5O2. The number of nitrogens with zero attached hydrogens (tertiary/aromatic N) is 4. The summed E-state index contributed by atoms with van der Waals surface area (Å²) in [5.41, 5.74) is 0.898. The Morgan fingerprint density at radius 1 is 1.05 bits per heavy atom. The van der Waals surface area contributed by atoms with E-state index in [1.165, 1.54) is 12.8 Å². The van der Waals surface area contributed by atoms with Crippen molar-refractivity contribution in [2.45, 2.75) is 63.6 Å². The second-order valence-electron chi connectivity index (χ2n) is 12.6. The van der Waals surface area contributed by atoms with Crippen molar-refractivity contribution in [3.05, 3.63) is 53.3 Å². The number of hydrogen-bond donors (Lipinski definition) is 2. The van der Waals surface area contributed by atoms with E-state index in [2.05, 4.69) is 33.9 Å². The SMILES string of the molecule is CC(C)(CCOc1nc(N2CC3CCC(C2)N3)c2cc(Cl)c(-c3cc(O)cc4ccccc34)c(F)c2n1)N1CCCC1. The summed E-state index contributed by atoms with van der Waals surface area (Å²) in [6.07, 6.45) is 5.50. The van der Waals surface area contributed by atoms with Gasteiger partial charge in [-0.3, -0.25) is 4.90 Å². The maximum Gasteiger partial charge on any atom is 0.319 e. The van der Waals surface area contributed by atoms with Gasteiger partial charge < -0.3 is 20.1 Å². The molecule has 4 aromatic rings. The number of benzene rings is 3. The fourth-order valence-electron chi connectivity index (χ4n) is 7.06. The van der Waals surface area contributed by atoms with Gasteiger partial charge in [0.05, 0.1) is 11.6 Å². The van der Waals surface area contributed by atoms with Crippen molar-refractivity contribution in [1.82, 2.24) is 20.2 Å². The van der Waals surface area contributed by atoms with Crippen LogP contribution in [0.25, 0.3) is 32.8 Å². The summed E-state index contributed by atoms with van der Waals surface area (Å²) in [6.45, 7) is 8.70. The van der Waals surface area contributed by atoms with E-state index in [9.17, 15) is 5.11 Å². The number of ether oxygens (including phenoxy) is 1. The van der Waals surface area contributed by atoms with Gasteiger partial charge in [-0.1, -0.05) is 35.9 Å². The van der Waals surface area contributed by atoms with Crippen LogP contribution in [0.4, 0.5) is 10.2 Å². The standard InChI is InChI=1S/C33H37ClFN5O2/c1-33(2,40-12-5-6-13-40)11-14-42-32-37-30-26(31(38-32)39-18-21-9-10-22(19-39)36-21)17-27(34)28(29(30)35)25-16-23(41)15-20-7-3-4-8-24(20)25/h3-4,7-8,15-17,21-22,36,41H,5-6,9-14,18-19H2,1-2H3. The molecule has 0 saturated carbocycles. The molecule has 1 aromatic heterocycles. The number of aromatic hydroxyl groups is 1. The third kappa shape index (κ3) is 5.03. The van der Waals surface area contributed by atoms with Crippen LogP contribution >= 0.6 is 11.6 Å².